The van der Waals surface area contributed by atoms with Crippen molar-refractivity contribution in [3.05, 3.63) is 0 Å². The Morgan fingerprint density at radius 3 is 1.80 bits per heavy atom. The number of hydrogen-bond donors (Lipinski definition) is 2. The molecule has 4 heteroatoms. The maximum absolute atomic E-state index is 7.13. The minimum absolute atomic E-state index is 0. The topological polar surface area (TPSA) is 49.9 Å². The highest BCUT2D eigenvalue weighted by atomic mass is 35.5. The van der Waals surface area contributed by atoms with Gasteiger partial charge in [0.05, 0.1) is 5.84 Å². The van der Waals surface area contributed by atoms with Gasteiger partial charge in [0.15, 0.2) is 0 Å². The maximum Gasteiger partial charge on any atom is 0.0965 e. The summed E-state index contributed by atoms with van der Waals surface area (Å²) in [6, 6.07) is 0. The minimum atomic E-state index is 0. The smallest absolute Gasteiger partial charge is 0.0965 e. The van der Waals surface area contributed by atoms with E-state index in [1.807, 2.05) is 0 Å². The Hall–Kier alpha value is 0.0500. The molecule has 0 heterocycles. The van der Waals surface area contributed by atoms with Gasteiger partial charge in [-0.3, -0.25) is 5.41 Å². The average Bonchev–Trinajstić information content (AvgIpc) is 1.60. The fraction of sp³-hybridized carbons (Fsp3) is 0.833. The van der Waals surface area contributed by atoms with Crippen molar-refractivity contribution in [3.8, 4) is 0 Å². The normalized spacial score (nSPS) is 19.3. The van der Waals surface area contributed by atoms with Crippen LogP contribution in [0.25, 0.3) is 0 Å². The van der Waals surface area contributed by atoms with E-state index in [2.05, 4.69) is 6.92 Å². The summed E-state index contributed by atoms with van der Waals surface area (Å²) in [6.45, 7) is 2.05. The second kappa shape index (κ2) is 4.04. The van der Waals surface area contributed by atoms with Gasteiger partial charge in [0.25, 0.3) is 0 Å². The molecular formula is C6H14Cl2N2. The third-order valence-electron chi connectivity index (χ3n) is 2.11. The van der Waals surface area contributed by atoms with Crippen LogP contribution >= 0.6 is 24.8 Å². The molecule has 0 aliphatic heterocycles. The lowest BCUT2D eigenvalue weighted by molar-refractivity contribution is 0.258. The summed E-state index contributed by atoms with van der Waals surface area (Å²) in [5.41, 5.74) is 5.40. The SMILES string of the molecule is CC1(C(=N)N)CCC1.Cl.Cl. The molecule has 0 radical (unpaired) electrons. The molecule has 1 aliphatic carbocycles. The van der Waals surface area contributed by atoms with Crippen LogP contribution in [0, 0.1) is 10.8 Å². The number of hydrogen-bond acceptors (Lipinski definition) is 1. The zero-order valence-corrected chi connectivity index (χ0v) is 7.65. The summed E-state index contributed by atoms with van der Waals surface area (Å²) >= 11 is 0. The third kappa shape index (κ3) is 2.03. The fourth-order valence-corrected chi connectivity index (χ4v) is 0.976. The monoisotopic (exact) mass is 184 g/mol. The number of halogens is 2. The average molecular weight is 185 g/mol. The van der Waals surface area contributed by atoms with Crippen LogP contribution in [0.3, 0.4) is 0 Å². The van der Waals surface area contributed by atoms with Gasteiger partial charge in [-0.15, -0.1) is 24.8 Å². The Morgan fingerprint density at radius 1 is 1.40 bits per heavy atom. The molecule has 1 saturated carbocycles. The molecule has 0 aromatic heterocycles. The predicted molar refractivity (Wildman–Crippen MR) is 48.4 cm³/mol. The van der Waals surface area contributed by atoms with E-state index in [4.69, 9.17) is 11.1 Å². The summed E-state index contributed by atoms with van der Waals surface area (Å²) in [5.74, 6) is 0.365. The number of nitrogens with two attached hydrogens (primary N) is 1. The van der Waals surface area contributed by atoms with E-state index in [1.165, 1.54) is 6.42 Å². The van der Waals surface area contributed by atoms with Crippen molar-refractivity contribution >= 4 is 30.6 Å². The van der Waals surface area contributed by atoms with Crippen LogP contribution in [0.1, 0.15) is 26.2 Å². The molecule has 0 saturated heterocycles. The lowest BCUT2D eigenvalue weighted by Crippen LogP contribution is -2.39. The quantitative estimate of drug-likeness (QED) is 0.476. The Bertz CT molecular complexity index is 121. The molecule has 0 unspecified atom stereocenters. The van der Waals surface area contributed by atoms with Crippen molar-refractivity contribution in [1.29, 1.82) is 5.41 Å². The van der Waals surface area contributed by atoms with Gasteiger partial charge in [-0.2, -0.15) is 0 Å². The van der Waals surface area contributed by atoms with Crippen LogP contribution in [0.4, 0.5) is 0 Å². The molecule has 0 amide bonds. The van der Waals surface area contributed by atoms with E-state index in [0.717, 1.165) is 12.8 Å². The minimum Gasteiger partial charge on any atom is -0.387 e. The third-order valence-corrected chi connectivity index (χ3v) is 2.11. The molecule has 2 nitrogen and oxygen atoms in total. The summed E-state index contributed by atoms with van der Waals surface area (Å²) in [6.07, 6.45) is 3.47. The van der Waals surface area contributed by atoms with Gasteiger partial charge in [0.2, 0.25) is 0 Å². The van der Waals surface area contributed by atoms with E-state index in [-0.39, 0.29) is 30.2 Å². The molecule has 1 rings (SSSR count). The van der Waals surface area contributed by atoms with Crippen LogP contribution in [0.5, 0.6) is 0 Å². The van der Waals surface area contributed by atoms with E-state index < -0.39 is 0 Å². The lowest BCUT2D eigenvalue weighted by Gasteiger charge is -2.36. The van der Waals surface area contributed by atoms with Crippen LogP contribution < -0.4 is 5.73 Å². The predicted octanol–water partition coefficient (Wildman–Crippen LogP) is 1.96. The Kier molecular flexibility index (Phi) is 5.13. The fourth-order valence-electron chi connectivity index (χ4n) is 0.976. The van der Waals surface area contributed by atoms with E-state index in [0.29, 0.717) is 5.84 Å². The highest BCUT2D eigenvalue weighted by molar-refractivity contribution is 5.85. The molecule has 62 valence electrons. The molecule has 3 N–H and O–H groups in total. The number of nitrogens with one attached hydrogen (secondary N) is 1. The van der Waals surface area contributed by atoms with Gasteiger partial charge >= 0.3 is 0 Å². The van der Waals surface area contributed by atoms with Gasteiger partial charge in [-0.25, -0.2) is 0 Å². The number of rotatable bonds is 1. The summed E-state index contributed by atoms with van der Waals surface area (Å²) in [4.78, 5) is 0. The second-order valence-electron chi connectivity index (χ2n) is 2.83. The van der Waals surface area contributed by atoms with Crippen molar-refractivity contribution in [2.75, 3.05) is 0 Å². The Balaban J connectivity index is 0. The molecule has 1 fully saturated rings. The Morgan fingerprint density at radius 2 is 1.80 bits per heavy atom. The van der Waals surface area contributed by atoms with Crippen LogP contribution in [-0.2, 0) is 0 Å². The summed E-state index contributed by atoms with van der Waals surface area (Å²) < 4.78 is 0. The first-order chi connectivity index (χ1) is 3.65. The Labute approximate surface area is 73.9 Å². The van der Waals surface area contributed by atoms with Crippen LogP contribution in [0.2, 0.25) is 0 Å². The zero-order valence-electron chi connectivity index (χ0n) is 6.02. The number of amidine groups is 1. The van der Waals surface area contributed by atoms with E-state index in [1.54, 1.807) is 0 Å². The first-order valence-corrected chi connectivity index (χ1v) is 3.00. The van der Waals surface area contributed by atoms with Crippen molar-refractivity contribution < 1.29 is 0 Å². The molecule has 10 heavy (non-hydrogen) atoms. The standard InChI is InChI=1S/C6H12N2.2ClH/c1-6(5(7)8)3-2-4-6;;/h2-4H2,1H3,(H3,7,8);2*1H. The van der Waals surface area contributed by atoms with E-state index >= 15 is 0 Å². The lowest BCUT2D eigenvalue weighted by atomic mass is 9.70. The first-order valence-electron chi connectivity index (χ1n) is 3.00. The largest absolute Gasteiger partial charge is 0.387 e. The molecule has 0 spiro atoms. The zero-order chi connectivity index (χ0) is 6.20. The van der Waals surface area contributed by atoms with Crippen molar-refractivity contribution in [1.82, 2.24) is 0 Å². The molecule has 1 aliphatic rings. The molecule has 0 aromatic rings. The van der Waals surface area contributed by atoms with Crippen molar-refractivity contribution in [2.45, 2.75) is 26.2 Å². The second-order valence-corrected chi connectivity index (χ2v) is 2.83. The van der Waals surface area contributed by atoms with E-state index in [9.17, 15) is 0 Å². The van der Waals surface area contributed by atoms with Gasteiger partial charge in [-0.1, -0.05) is 13.3 Å². The van der Waals surface area contributed by atoms with Gasteiger partial charge in [0, 0.05) is 5.41 Å². The molecule has 0 atom stereocenters. The molecule has 0 bridgehead atoms. The molecule has 0 aromatic carbocycles. The van der Waals surface area contributed by atoms with Crippen molar-refractivity contribution in [2.24, 2.45) is 11.1 Å². The first kappa shape index (κ1) is 12.7. The maximum atomic E-state index is 7.13. The van der Waals surface area contributed by atoms with Crippen LogP contribution in [-0.4, -0.2) is 5.84 Å². The van der Waals surface area contributed by atoms with Crippen LogP contribution in [0.15, 0.2) is 0 Å². The highest BCUT2D eigenvalue weighted by Gasteiger charge is 2.34. The van der Waals surface area contributed by atoms with Gasteiger partial charge in [0.1, 0.15) is 0 Å². The van der Waals surface area contributed by atoms with Gasteiger partial charge in [-0.05, 0) is 12.8 Å². The van der Waals surface area contributed by atoms with Gasteiger partial charge < -0.3 is 5.73 Å². The molecular weight excluding hydrogens is 171 g/mol. The summed E-state index contributed by atoms with van der Waals surface area (Å²) in [7, 11) is 0. The highest BCUT2D eigenvalue weighted by Crippen LogP contribution is 2.39. The van der Waals surface area contributed by atoms with Crippen molar-refractivity contribution in [3.63, 3.8) is 0 Å². The summed E-state index contributed by atoms with van der Waals surface area (Å²) in [5, 5.41) is 7.13.